The lowest BCUT2D eigenvalue weighted by Crippen LogP contribution is -2.57. The Balaban J connectivity index is 2.06. The summed E-state index contributed by atoms with van der Waals surface area (Å²) in [4.78, 5) is 63.1. The van der Waals surface area contributed by atoms with E-state index >= 15 is 0 Å². The van der Waals surface area contributed by atoms with Gasteiger partial charge < -0.3 is 20.7 Å². The van der Waals surface area contributed by atoms with Crippen molar-refractivity contribution in [3.63, 3.8) is 0 Å². The number of nitrogens with zero attached hydrogens (tertiary/aromatic N) is 1. The molecular formula is C25H32F3N3O6. The van der Waals surface area contributed by atoms with Gasteiger partial charge in [-0.15, -0.1) is 0 Å². The number of benzene rings is 1. The highest BCUT2D eigenvalue weighted by atomic mass is 19.4. The maximum absolute atomic E-state index is 13.1. The van der Waals surface area contributed by atoms with E-state index in [1.165, 1.54) is 50.1 Å². The smallest absolute Gasteiger partial charge is 0.452 e. The Hall–Kier alpha value is -3.28. The first-order valence-corrected chi connectivity index (χ1v) is 11.9. The number of ketones is 2. The maximum Gasteiger partial charge on any atom is 0.452 e. The van der Waals surface area contributed by atoms with Gasteiger partial charge in [0.25, 0.3) is 5.78 Å². The molecule has 0 bridgehead atoms. The molecule has 1 aliphatic heterocycles. The lowest BCUT2D eigenvalue weighted by atomic mass is 9.92. The van der Waals surface area contributed by atoms with Crippen molar-refractivity contribution in [2.24, 2.45) is 17.6 Å². The Morgan fingerprint density at radius 3 is 2.16 bits per heavy atom. The number of alkyl halides is 3. The van der Waals surface area contributed by atoms with Crippen molar-refractivity contribution < 1.29 is 41.9 Å². The van der Waals surface area contributed by atoms with Crippen LogP contribution in [0.2, 0.25) is 0 Å². The molecule has 12 heteroatoms. The number of esters is 1. The molecule has 1 heterocycles. The molecule has 3 N–H and O–H groups in total. The normalized spacial score (nSPS) is 18.2. The van der Waals surface area contributed by atoms with E-state index in [1.807, 2.05) is 0 Å². The lowest BCUT2D eigenvalue weighted by Gasteiger charge is -2.30. The molecule has 0 aliphatic carbocycles. The largest absolute Gasteiger partial charge is 0.465 e. The molecule has 1 aromatic carbocycles. The monoisotopic (exact) mass is 527 g/mol. The zero-order chi connectivity index (χ0) is 28.1. The minimum absolute atomic E-state index is 0.0926. The summed E-state index contributed by atoms with van der Waals surface area (Å²) in [5.41, 5.74) is 6.71. The van der Waals surface area contributed by atoms with Crippen LogP contribution in [0.25, 0.3) is 0 Å². The number of carbonyl (C=O) groups is 5. The molecular weight excluding hydrogens is 495 g/mol. The number of nitrogens with one attached hydrogen (secondary N) is 1. The first-order valence-electron chi connectivity index (χ1n) is 11.9. The molecule has 2 amide bonds. The van der Waals surface area contributed by atoms with E-state index in [2.05, 4.69) is 10.1 Å². The number of Topliss-reactive ketones (excluding diaryl/α,β-unsaturated/α-hetero) is 2. The zero-order valence-electron chi connectivity index (χ0n) is 21.1. The number of ether oxygens (including phenoxy) is 1. The summed E-state index contributed by atoms with van der Waals surface area (Å²) in [6.07, 6.45) is -4.58. The molecule has 1 aliphatic rings. The Morgan fingerprint density at radius 2 is 1.65 bits per heavy atom. The highest BCUT2D eigenvalue weighted by Crippen LogP contribution is 2.24. The second-order valence-electron chi connectivity index (χ2n) is 9.48. The molecule has 0 radical (unpaired) electrons. The summed E-state index contributed by atoms with van der Waals surface area (Å²) in [7, 11) is 1.24. The number of rotatable bonds is 10. The average molecular weight is 528 g/mol. The van der Waals surface area contributed by atoms with Gasteiger partial charge in [0.15, 0.2) is 5.78 Å². The Labute approximate surface area is 212 Å². The van der Waals surface area contributed by atoms with Gasteiger partial charge in [0.2, 0.25) is 11.8 Å². The minimum Gasteiger partial charge on any atom is -0.465 e. The zero-order valence-corrected chi connectivity index (χ0v) is 21.1. The van der Waals surface area contributed by atoms with E-state index in [0.29, 0.717) is 12.0 Å². The predicted octanol–water partition coefficient (Wildman–Crippen LogP) is 2.27. The van der Waals surface area contributed by atoms with E-state index in [0.717, 1.165) is 0 Å². The second kappa shape index (κ2) is 12.3. The van der Waals surface area contributed by atoms with Crippen LogP contribution in [-0.2, 0) is 19.1 Å². The van der Waals surface area contributed by atoms with E-state index in [1.54, 1.807) is 6.92 Å². The molecule has 4 atom stereocenters. The molecule has 37 heavy (non-hydrogen) atoms. The molecule has 0 saturated carbocycles. The van der Waals surface area contributed by atoms with Gasteiger partial charge in [0.05, 0.1) is 24.8 Å². The number of likely N-dealkylation sites (tertiary alicyclic amines) is 1. The van der Waals surface area contributed by atoms with Crippen LogP contribution in [0, 0.1) is 11.8 Å². The number of nitrogens with two attached hydrogens (primary N) is 1. The van der Waals surface area contributed by atoms with Gasteiger partial charge in [-0.2, -0.15) is 13.2 Å². The number of carbonyl (C=O) groups excluding carboxylic acids is 5. The van der Waals surface area contributed by atoms with Crippen molar-refractivity contribution in [1.29, 1.82) is 0 Å². The topological polar surface area (TPSA) is 136 Å². The van der Waals surface area contributed by atoms with Crippen LogP contribution < -0.4 is 11.1 Å². The quantitative estimate of drug-likeness (QED) is 0.352. The summed E-state index contributed by atoms with van der Waals surface area (Å²) < 4.78 is 43.5. The molecule has 9 nitrogen and oxygen atoms in total. The third-order valence-corrected chi connectivity index (χ3v) is 6.40. The summed E-state index contributed by atoms with van der Waals surface area (Å²) >= 11 is 0. The molecule has 0 spiro atoms. The van der Waals surface area contributed by atoms with Crippen molar-refractivity contribution in [2.75, 3.05) is 13.7 Å². The number of halogens is 3. The minimum atomic E-state index is -5.11. The molecule has 2 rings (SSSR count). The number of hydrogen-bond donors (Lipinski definition) is 2. The molecule has 1 saturated heterocycles. The molecule has 204 valence electrons. The Morgan fingerprint density at radius 1 is 1.08 bits per heavy atom. The summed E-state index contributed by atoms with van der Waals surface area (Å²) in [5, 5.41) is 2.16. The fourth-order valence-corrected chi connectivity index (χ4v) is 4.15. The van der Waals surface area contributed by atoms with Gasteiger partial charge in [0.1, 0.15) is 6.04 Å². The summed E-state index contributed by atoms with van der Waals surface area (Å²) in [6.45, 7) is 4.53. The van der Waals surface area contributed by atoms with Gasteiger partial charge in [-0.25, -0.2) is 4.79 Å². The van der Waals surface area contributed by atoms with Crippen LogP contribution in [0.3, 0.4) is 0 Å². The highest BCUT2D eigenvalue weighted by Gasteiger charge is 2.46. The van der Waals surface area contributed by atoms with Gasteiger partial charge >= 0.3 is 12.1 Å². The molecule has 1 aromatic rings. The standard InChI is InChI=1S/C25H32F3N3O6/c1-13(2)20(21(33)25(26,27)28)30-22(34)17-6-5-11-31(17)23(35)19(29)14(3)12-18(32)15-7-9-16(10-8-15)24(36)37-4/h7-10,13-14,17,19-20H,5-6,11-12,29H2,1-4H3,(H,30,34)/t14?,17-,19-,20?/m0/s1. The summed E-state index contributed by atoms with van der Waals surface area (Å²) in [5.74, 6) is -5.83. The fourth-order valence-electron chi connectivity index (χ4n) is 4.15. The number of hydrogen-bond acceptors (Lipinski definition) is 7. The van der Waals surface area contributed by atoms with Crippen LogP contribution in [0.1, 0.15) is 60.7 Å². The fraction of sp³-hybridized carbons (Fsp3) is 0.560. The maximum atomic E-state index is 13.1. The van der Waals surface area contributed by atoms with Crippen molar-refractivity contribution in [3.05, 3.63) is 35.4 Å². The SMILES string of the molecule is COC(=O)c1ccc(C(=O)CC(C)[C@H](N)C(=O)N2CCC[C@H]2C(=O)NC(C(=O)C(F)(F)F)C(C)C)cc1. The summed E-state index contributed by atoms with van der Waals surface area (Å²) in [6, 6.07) is 1.80. The molecule has 2 unspecified atom stereocenters. The van der Waals surface area contributed by atoms with Crippen molar-refractivity contribution in [3.8, 4) is 0 Å². The number of amides is 2. The van der Waals surface area contributed by atoms with Gasteiger partial charge in [-0.3, -0.25) is 19.2 Å². The van der Waals surface area contributed by atoms with E-state index in [-0.39, 0.29) is 30.7 Å². The van der Waals surface area contributed by atoms with E-state index in [4.69, 9.17) is 5.73 Å². The second-order valence-corrected chi connectivity index (χ2v) is 9.48. The Bertz CT molecular complexity index is 1030. The first kappa shape index (κ1) is 29.9. The third-order valence-electron chi connectivity index (χ3n) is 6.40. The average Bonchev–Trinajstić information content (AvgIpc) is 3.34. The Kier molecular flexibility index (Phi) is 9.96. The van der Waals surface area contributed by atoms with Crippen molar-refractivity contribution >= 4 is 29.4 Å². The molecule has 1 fully saturated rings. The van der Waals surface area contributed by atoms with Gasteiger partial charge in [-0.1, -0.05) is 32.9 Å². The third kappa shape index (κ3) is 7.37. The van der Waals surface area contributed by atoms with Gasteiger partial charge in [0, 0.05) is 18.5 Å². The van der Waals surface area contributed by atoms with Crippen LogP contribution in [0.4, 0.5) is 13.2 Å². The highest BCUT2D eigenvalue weighted by molar-refractivity contribution is 5.99. The van der Waals surface area contributed by atoms with Crippen LogP contribution in [0.5, 0.6) is 0 Å². The molecule has 0 aromatic heterocycles. The first-order chi connectivity index (χ1) is 17.2. The van der Waals surface area contributed by atoms with Gasteiger partial charge in [-0.05, 0) is 36.8 Å². The lowest BCUT2D eigenvalue weighted by molar-refractivity contribution is -0.175. The van der Waals surface area contributed by atoms with E-state index < -0.39 is 59.7 Å². The van der Waals surface area contributed by atoms with Crippen LogP contribution in [-0.4, -0.2) is 72.2 Å². The number of methoxy groups -OCH3 is 1. The van der Waals surface area contributed by atoms with E-state index in [9.17, 15) is 37.1 Å². The van der Waals surface area contributed by atoms with Crippen LogP contribution >= 0.6 is 0 Å². The van der Waals surface area contributed by atoms with Crippen LogP contribution in [0.15, 0.2) is 24.3 Å². The van der Waals surface area contributed by atoms with Crippen molar-refractivity contribution in [1.82, 2.24) is 10.2 Å². The van der Waals surface area contributed by atoms with Crippen molar-refractivity contribution in [2.45, 2.75) is 64.3 Å². The predicted molar refractivity (Wildman–Crippen MR) is 126 cm³/mol.